The minimum Gasteiger partial charge on any atom is -0.342 e. The van der Waals surface area contributed by atoms with Crippen LogP contribution in [0.1, 0.15) is 36.5 Å². The maximum Gasteiger partial charge on any atom is 0.226 e. The lowest BCUT2D eigenvalue weighted by molar-refractivity contribution is -0.131. The number of aryl methyl sites for hydroxylation is 2. The summed E-state index contributed by atoms with van der Waals surface area (Å²) in [6.07, 6.45) is 2.86. The monoisotopic (exact) mass is 245 g/mol. The second-order valence-corrected chi connectivity index (χ2v) is 5.67. The first-order chi connectivity index (χ1) is 8.56. The van der Waals surface area contributed by atoms with E-state index in [9.17, 15) is 4.79 Å². The average molecular weight is 245 g/mol. The maximum absolute atomic E-state index is 12.3. The van der Waals surface area contributed by atoms with E-state index >= 15 is 0 Å². The molecule has 1 aliphatic heterocycles. The Morgan fingerprint density at radius 2 is 1.94 bits per heavy atom. The van der Waals surface area contributed by atoms with Gasteiger partial charge in [-0.05, 0) is 43.7 Å². The molecule has 0 atom stereocenters. The van der Waals surface area contributed by atoms with Gasteiger partial charge in [-0.15, -0.1) is 0 Å². The maximum atomic E-state index is 12.3. The molecule has 2 rings (SSSR count). The number of hydrogen-bond acceptors (Lipinski definition) is 1. The topological polar surface area (TPSA) is 20.3 Å². The highest BCUT2D eigenvalue weighted by Crippen LogP contribution is 2.18. The van der Waals surface area contributed by atoms with Gasteiger partial charge in [0.1, 0.15) is 0 Å². The largest absolute Gasteiger partial charge is 0.342 e. The van der Waals surface area contributed by atoms with Gasteiger partial charge in [-0.2, -0.15) is 0 Å². The summed E-state index contributed by atoms with van der Waals surface area (Å²) in [4.78, 5) is 14.3. The summed E-state index contributed by atoms with van der Waals surface area (Å²) in [5, 5.41) is 0. The fourth-order valence-corrected chi connectivity index (χ4v) is 2.52. The molecule has 0 aromatic heterocycles. The van der Waals surface area contributed by atoms with Gasteiger partial charge >= 0.3 is 0 Å². The van der Waals surface area contributed by atoms with Gasteiger partial charge < -0.3 is 4.90 Å². The molecule has 2 nitrogen and oxygen atoms in total. The Kier molecular flexibility index (Phi) is 4.05. The van der Waals surface area contributed by atoms with Gasteiger partial charge in [-0.1, -0.05) is 30.7 Å². The van der Waals surface area contributed by atoms with Crippen LogP contribution >= 0.6 is 0 Å². The zero-order chi connectivity index (χ0) is 13.1. The number of hydrogen-bond donors (Lipinski definition) is 0. The molecule has 1 fully saturated rings. The van der Waals surface area contributed by atoms with Gasteiger partial charge in [-0.3, -0.25) is 4.79 Å². The molecule has 1 aromatic carbocycles. The smallest absolute Gasteiger partial charge is 0.226 e. The Morgan fingerprint density at radius 3 is 2.61 bits per heavy atom. The van der Waals surface area contributed by atoms with Gasteiger partial charge in [0, 0.05) is 13.1 Å². The summed E-state index contributed by atoms with van der Waals surface area (Å²) < 4.78 is 0. The van der Waals surface area contributed by atoms with E-state index in [1.165, 1.54) is 16.7 Å². The molecule has 0 N–H and O–H groups in total. The number of carbonyl (C=O) groups excluding carboxylic acids is 1. The number of rotatable bonds is 2. The van der Waals surface area contributed by atoms with Crippen LogP contribution < -0.4 is 0 Å². The van der Waals surface area contributed by atoms with Crippen molar-refractivity contribution in [2.45, 2.75) is 40.0 Å². The number of likely N-dealkylation sites (tertiary alicyclic amines) is 1. The number of carbonyl (C=O) groups is 1. The third-order valence-corrected chi connectivity index (χ3v) is 3.98. The lowest BCUT2D eigenvalue weighted by atomic mass is 9.97. The van der Waals surface area contributed by atoms with E-state index in [0.29, 0.717) is 6.42 Å². The molecule has 0 spiro atoms. The van der Waals surface area contributed by atoms with Crippen molar-refractivity contribution in [2.24, 2.45) is 5.92 Å². The molecule has 0 aliphatic carbocycles. The highest BCUT2D eigenvalue weighted by Gasteiger charge is 2.20. The van der Waals surface area contributed by atoms with Crippen LogP contribution in [0.4, 0.5) is 0 Å². The summed E-state index contributed by atoms with van der Waals surface area (Å²) in [5.41, 5.74) is 3.63. The number of nitrogens with zero attached hydrogens (tertiary/aromatic N) is 1. The summed E-state index contributed by atoms with van der Waals surface area (Å²) in [5.74, 6) is 1.06. The third kappa shape index (κ3) is 3.12. The van der Waals surface area contributed by atoms with Crippen LogP contribution in [0.25, 0.3) is 0 Å². The number of amides is 1. The summed E-state index contributed by atoms with van der Waals surface area (Å²) in [6.45, 7) is 8.30. The van der Waals surface area contributed by atoms with Gasteiger partial charge in [0.25, 0.3) is 0 Å². The normalized spacial score (nSPS) is 16.9. The predicted octanol–water partition coefficient (Wildman–Crippen LogP) is 3.10. The quantitative estimate of drug-likeness (QED) is 0.784. The van der Waals surface area contributed by atoms with Gasteiger partial charge in [0.2, 0.25) is 5.91 Å². The average Bonchev–Trinajstić information content (AvgIpc) is 2.34. The minimum atomic E-state index is 0.288. The molecule has 98 valence electrons. The van der Waals surface area contributed by atoms with Gasteiger partial charge in [0.05, 0.1) is 6.42 Å². The standard InChI is InChI=1S/C16H23NO/c1-12-6-8-17(9-7-12)16(18)11-15-10-13(2)4-5-14(15)3/h4-5,10,12H,6-9,11H2,1-3H3. The van der Waals surface area contributed by atoms with E-state index < -0.39 is 0 Å². The van der Waals surface area contributed by atoms with E-state index in [1.807, 2.05) is 4.90 Å². The van der Waals surface area contributed by atoms with Crippen LogP contribution in [0, 0.1) is 19.8 Å². The van der Waals surface area contributed by atoms with Crippen LogP contribution in [-0.4, -0.2) is 23.9 Å². The van der Waals surface area contributed by atoms with Crippen molar-refractivity contribution in [3.05, 3.63) is 34.9 Å². The molecular formula is C16H23NO. The molecule has 1 aliphatic rings. The highest BCUT2D eigenvalue weighted by atomic mass is 16.2. The summed E-state index contributed by atoms with van der Waals surface area (Å²) in [6, 6.07) is 6.35. The Hall–Kier alpha value is -1.31. The van der Waals surface area contributed by atoms with Crippen LogP contribution in [0.15, 0.2) is 18.2 Å². The molecular weight excluding hydrogens is 222 g/mol. The molecule has 0 radical (unpaired) electrons. The molecule has 1 heterocycles. The zero-order valence-corrected chi connectivity index (χ0v) is 11.7. The van der Waals surface area contributed by atoms with E-state index in [1.54, 1.807) is 0 Å². The summed E-state index contributed by atoms with van der Waals surface area (Å²) >= 11 is 0. The van der Waals surface area contributed by atoms with E-state index in [4.69, 9.17) is 0 Å². The minimum absolute atomic E-state index is 0.288. The first-order valence-corrected chi connectivity index (χ1v) is 6.90. The molecule has 18 heavy (non-hydrogen) atoms. The van der Waals surface area contributed by atoms with E-state index in [2.05, 4.69) is 39.0 Å². The Balaban J connectivity index is 2.00. The molecule has 1 amide bonds. The van der Waals surface area contributed by atoms with E-state index in [-0.39, 0.29) is 5.91 Å². The van der Waals surface area contributed by atoms with Crippen molar-refractivity contribution in [3.63, 3.8) is 0 Å². The fourth-order valence-electron chi connectivity index (χ4n) is 2.52. The van der Waals surface area contributed by atoms with Crippen molar-refractivity contribution in [3.8, 4) is 0 Å². The molecule has 0 saturated carbocycles. The Morgan fingerprint density at radius 1 is 1.28 bits per heavy atom. The first kappa shape index (κ1) is 13.1. The summed E-state index contributed by atoms with van der Waals surface area (Å²) in [7, 11) is 0. The van der Waals surface area contributed by atoms with Crippen LogP contribution in [-0.2, 0) is 11.2 Å². The SMILES string of the molecule is Cc1ccc(C)c(CC(=O)N2CCC(C)CC2)c1. The second kappa shape index (κ2) is 5.55. The Labute approximate surface area is 110 Å². The molecule has 1 aromatic rings. The third-order valence-electron chi connectivity index (χ3n) is 3.98. The van der Waals surface area contributed by atoms with Crippen molar-refractivity contribution in [1.82, 2.24) is 4.90 Å². The Bertz CT molecular complexity index is 431. The van der Waals surface area contributed by atoms with E-state index in [0.717, 1.165) is 31.8 Å². The van der Waals surface area contributed by atoms with Crippen LogP contribution in [0.5, 0.6) is 0 Å². The lowest BCUT2D eigenvalue weighted by Gasteiger charge is -2.30. The predicted molar refractivity (Wildman–Crippen MR) is 74.6 cm³/mol. The second-order valence-electron chi connectivity index (χ2n) is 5.67. The fraction of sp³-hybridized carbons (Fsp3) is 0.562. The van der Waals surface area contributed by atoms with Crippen molar-refractivity contribution in [1.29, 1.82) is 0 Å². The molecule has 0 unspecified atom stereocenters. The van der Waals surface area contributed by atoms with Crippen molar-refractivity contribution < 1.29 is 4.79 Å². The van der Waals surface area contributed by atoms with Crippen molar-refractivity contribution in [2.75, 3.05) is 13.1 Å². The van der Waals surface area contributed by atoms with Gasteiger partial charge in [0.15, 0.2) is 0 Å². The highest BCUT2D eigenvalue weighted by molar-refractivity contribution is 5.79. The lowest BCUT2D eigenvalue weighted by Crippen LogP contribution is -2.38. The number of piperidine rings is 1. The van der Waals surface area contributed by atoms with Crippen LogP contribution in [0.2, 0.25) is 0 Å². The van der Waals surface area contributed by atoms with Crippen LogP contribution in [0.3, 0.4) is 0 Å². The van der Waals surface area contributed by atoms with Crippen molar-refractivity contribution >= 4 is 5.91 Å². The van der Waals surface area contributed by atoms with Gasteiger partial charge in [-0.25, -0.2) is 0 Å². The zero-order valence-electron chi connectivity index (χ0n) is 11.7. The molecule has 0 bridgehead atoms. The molecule has 1 saturated heterocycles. The molecule has 2 heteroatoms. The number of benzene rings is 1. The first-order valence-electron chi connectivity index (χ1n) is 6.90.